The number of rotatable bonds is 2. The summed E-state index contributed by atoms with van der Waals surface area (Å²) >= 11 is 0. The minimum Gasteiger partial charge on any atom is -0.480 e. The molecule has 6 nitrogen and oxygen atoms in total. The van der Waals surface area contributed by atoms with Crippen LogP contribution in [0.15, 0.2) is 36.5 Å². The van der Waals surface area contributed by atoms with Gasteiger partial charge in [-0.1, -0.05) is 18.2 Å². The van der Waals surface area contributed by atoms with E-state index in [-0.39, 0.29) is 5.91 Å². The molecule has 1 aromatic carbocycles. The van der Waals surface area contributed by atoms with Crippen molar-refractivity contribution >= 4 is 16.8 Å². The van der Waals surface area contributed by atoms with Crippen LogP contribution in [0, 0.1) is 0 Å². The second-order valence-corrected chi connectivity index (χ2v) is 6.31. The van der Waals surface area contributed by atoms with Gasteiger partial charge in [-0.3, -0.25) is 14.5 Å². The molecule has 3 heterocycles. The fraction of sp³-hybridized carbons (Fsp3) is 0.316. The van der Waals surface area contributed by atoms with Gasteiger partial charge in [-0.2, -0.15) is 0 Å². The molecule has 0 unspecified atom stereocenters. The van der Waals surface area contributed by atoms with Crippen molar-refractivity contribution in [3.05, 3.63) is 53.3 Å². The first-order valence-electron chi connectivity index (χ1n) is 8.40. The molecule has 0 bridgehead atoms. The van der Waals surface area contributed by atoms with Crippen molar-refractivity contribution in [1.82, 2.24) is 19.7 Å². The molecule has 3 aromatic rings. The number of aromatic nitrogens is 3. The van der Waals surface area contributed by atoms with E-state index >= 15 is 0 Å². The number of fused-ring (bicyclic) bond motifs is 2. The smallest absolute Gasteiger partial charge is 0.255 e. The Kier molecular flexibility index (Phi) is 3.87. The molecule has 128 valence electrons. The van der Waals surface area contributed by atoms with Crippen molar-refractivity contribution in [3.63, 3.8) is 0 Å². The summed E-state index contributed by atoms with van der Waals surface area (Å²) in [5.41, 5.74) is 3.67. The quantitative estimate of drug-likeness (QED) is 0.722. The summed E-state index contributed by atoms with van der Waals surface area (Å²) in [7, 11) is 3.53. The lowest BCUT2D eigenvalue weighted by Crippen LogP contribution is -2.31. The lowest BCUT2D eigenvalue weighted by Gasteiger charge is -2.21. The van der Waals surface area contributed by atoms with Gasteiger partial charge in [0.2, 0.25) is 5.88 Å². The van der Waals surface area contributed by atoms with Crippen LogP contribution in [0.4, 0.5) is 0 Å². The number of carbonyl (C=O) groups is 1. The summed E-state index contributed by atoms with van der Waals surface area (Å²) in [5, 5.41) is 5.38. The summed E-state index contributed by atoms with van der Waals surface area (Å²) in [5.74, 6) is 0.672. The van der Waals surface area contributed by atoms with E-state index in [9.17, 15) is 4.79 Å². The van der Waals surface area contributed by atoms with Crippen LogP contribution in [0.1, 0.15) is 28.0 Å². The Morgan fingerprint density at radius 3 is 2.96 bits per heavy atom. The molecule has 4 rings (SSSR count). The zero-order valence-electron chi connectivity index (χ0n) is 14.4. The second kappa shape index (κ2) is 6.20. The van der Waals surface area contributed by atoms with Crippen LogP contribution in [0.25, 0.3) is 10.9 Å². The molecule has 0 atom stereocenters. The van der Waals surface area contributed by atoms with Crippen LogP contribution in [-0.4, -0.2) is 39.2 Å². The summed E-state index contributed by atoms with van der Waals surface area (Å²) in [6.45, 7) is 1.25. The Bertz CT molecular complexity index is 948. The highest BCUT2D eigenvalue weighted by molar-refractivity contribution is 5.97. The SMILES string of the molecule is COc1nn(C)c2c1CCCN(C(=O)c1cnc3ccccc3c1)C2. The van der Waals surface area contributed by atoms with Crippen LogP contribution >= 0.6 is 0 Å². The van der Waals surface area contributed by atoms with Gasteiger partial charge >= 0.3 is 0 Å². The van der Waals surface area contributed by atoms with E-state index in [1.165, 1.54) is 0 Å². The van der Waals surface area contributed by atoms with Gasteiger partial charge in [0.15, 0.2) is 0 Å². The van der Waals surface area contributed by atoms with Crippen LogP contribution < -0.4 is 4.74 Å². The normalized spacial score (nSPS) is 14.2. The Labute approximate surface area is 146 Å². The Morgan fingerprint density at radius 1 is 1.28 bits per heavy atom. The molecule has 1 amide bonds. The Hall–Kier alpha value is -2.89. The molecule has 0 fully saturated rings. The molecule has 1 aliphatic heterocycles. The second-order valence-electron chi connectivity index (χ2n) is 6.31. The largest absolute Gasteiger partial charge is 0.480 e. The van der Waals surface area contributed by atoms with Crippen LogP contribution in [-0.2, 0) is 20.0 Å². The molecule has 0 N–H and O–H groups in total. The first kappa shape index (κ1) is 15.6. The van der Waals surface area contributed by atoms with E-state index in [0.717, 1.165) is 35.0 Å². The van der Waals surface area contributed by atoms with Crippen LogP contribution in [0.5, 0.6) is 5.88 Å². The number of para-hydroxylation sites is 1. The zero-order chi connectivity index (χ0) is 17.4. The molecule has 0 saturated heterocycles. The third-order valence-electron chi connectivity index (χ3n) is 4.75. The van der Waals surface area contributed by atoms with Crippen molar-refractivity contribution in [1.29, 1.82) is 0 Å². The summed E-state index contributed by atoms with van der Waals surface area (Å²) in [6, 6.07) is 9.75. The molecule has 6 heteroatoms. The third-order valence-corrected chi connectivity index (χ3v) is 4.75. The summed E-state index contributed by atoms with van der Waals surface area (Å²) in [6.07, 6.45) is 3.42. The highest BCUT2D eigenvalue weighted by Gasteiger charge is 2.26. The molecular formula is C19H20N4O2. The molecule has 0 saturated carbocycles. The van der Waals surface area contributed by atoms with Gasteiger partial charge in [-0.25, -0.2) is 0 Å². The average Bonchev–Trinajstić information content (AvgIpc) is 2.82. The van der Waals surface area contributed by atoms with Gasteiger partial charge in [0.1, 0.15) is 0 Å². The van der Waals surface area contributed by atoms with Crippen molar-refractivity contribution in [3.8, 4) is 5.88 Å². The minimum absolute atomic E-state index is 0.00581. The number of aryl methyl sites for hydroxylation is 1. The maximum atomic E-state index is 13.0. The number of benzene rings is 1. The molecule has 0 aliphatic carbocycles. The topological polar surface area (TPSA) is 60.2 Å². The molecule has 2 aromatic heterocycles. The Balaban J connectivity index is 1.66. The Morgan fingerprint density at radius 2 is 2.12 bits per heavy atom. The minimum atomic E-state index is 0.00581. The average molecular weight is 336 g/mol. The third kappa shape index (κ3) is 2.73. The van der Waals surface area contributed by atoms with Gasteiger partial charge in [-0.05, 0) is 25.0 Å². The number of amides is 1. The maximum Gasteiger partial charge on any atom is 0.255 e. The van der Waals surface area contributed by atoms with E-state index in [1.807, 2.05) is 47.0 Å². The number of hydrogen-bond acceptors (Lipinski definition) is 4. The predicted molar refractivity (Wildman–Crippen MR) is 94.6 cm³/mol. The molecule has 0 spiro atoms. The maximum absolute atomic E-state index is 13.0. The number of nitrogens with zero attached hydrogens (tertiary/aromatic N) is 4. The molecular weight excluding hydrogens is 316 g/mol. The van der Waals surface area contributed by atoms with Gasteiger partial charge in [0.05, 0.1) is 30.4 Å². The van der Waals surface area contributed by atoms with E-state index in [4.69, 9.17) is 4.74 Å². The van der Waals surface area contributed by atoms with Crippen molar-refractivity contribution in [2.45, 2.75) is 19.4 Å². The van der Waals surface area contributed by atoms with Gasteiger partial charge in [0.25, 0.3) is 5.91 Å². The number of methoxy groups -OCH3 is 1. The highest BCUT2D eigenvalue weighted by atomic mass is 16.5. The number of hydrogen-bond donors (Lipinski definition) is 0. The lowest BCUT2D eigenvalue weighted by molar-refractivity contribution is 0.0742. The number of pyridine rings is 1. The van der Waals surface area contributed by atoms with Gasteiger partial charge in [-0.15, -0.1) is 5.10 Å². The molecule has 25 heavy (non-hydrogen) atoms. The fourth-order valence-electron chi connectivity index (χ4n) is 3.44. The lowest BCUT2D eigenvalue weighted by atomic mass is 10.1. The first-order valence-corrected chi connectivity index (χ1v) is 8.40. The van der Waals surface area contributed by atoms with Crippen molar-refractivity contribution in [2.75, 3.05) is 13.7 Å². The van der Waals surface area contributed by atoms with Crippen molar-refractivity contribution < 1.29 is 9.53 Å². The number of carbonyl (C=O) groups excluding carboxylic acids is 1. The van der Waals surface area contributed by atoms with Crippen molar-refractivity contribution in [2.24, 2.45) is 7.05 Å². The molecule has 1 aliphatic rings. The summed E-state index contributed by atoms with van der Waals surface area (Å²) in [4.78, 5) is 19.3. The van der Waals surface area contributed by atoms with E-state index in [2.05, 4.69) is 10.1 Å². The first-order chi connectivity index (χ1) is 12.2. The molecule has 0 radical (unpaired) electrons. The zero-order valence-corrected chi connectivity index (χ0v) is 14.4. The van der Waals surface area contributed by atoms with Crippen LogP contribution in [0.2, 0.25) is 0 Å². The van der Waals surface area contributed by atoms with E-state index in [1.54, 1.807) is 13.3 Å². The van der Waals surface area contributed by atoms with Gasteiger partial charge in [0, 0.05) is 30.7 Å². The standard InChI is InChI=1S/C19H20N4O2/c1-22-17-12-23(9-5-7-15(17)18(21-22)25-2)19(24)14-10-13-6-3-4-8-16(13)20-11-14/h3-4,6,8,10-11H,5,7,9,12H2,1-2H3. The fourth-order valence-corrected chi connectivity index (χ4v) is 3.44. The monoisotopic (exact) mass is 336 g/mol. The highest BCUT2D eigenvalue weighted by Crippen LogP contribution is 2.27. The predicted octanol–water partition coefficient (Wildman–Crippen LogP) is 2.57. The van der Waals surface area contributed by atoms with Crippen LogP contribution in [0.3, 0.4) is 0 Å². The summed E-state index contributed by atoms with van der Waals surface area (Å²) < 4.78 is 7.19. The van der Waals surface area contributed by atoms with E-state index in [0.29, 0.717) is 24.5 Å². The number of ether oxygens (including phenoxy) is 1. The van der Waals surface area contributed by atoms with Gasteiger partial charge < -0.3 is 9.64 Å². The van der Waals surface area contributed by atoms with E-state index < -0.39 is 0 Å².